The lowest BCUT2D eigenvalue weighted by molar-refractivity contribution is -0.149. The number of aryl methyl sites for hydroxylation is 3. The molecule has 0 heterocycles. The van der Waals surface area contributed by atoms with E-state index in [-0.39, 0.29) is 5.97 Å². The topological polar surface area (TPSA) is 58.6 Å². The van der Waals surface area contributed by atoms with Crippen LogP contribution in [0.3, 0.4) is 0 Å². The Morgan fingerprint density at radius 3 is 2.44 bits per heavy atom. The molecule has 88 valence electrons. The number of carbonyl (C=O) groups is 1. The van der Waals surface area contributed by atoms with Crippen LogP contribution >= 0.6 is 0 Å². The summed E-state index contributed by atoms with van der Waals surface area (Å²) in [7, 11) is 1.55. The average molecular weight is 223 g/mol. The molecule has 0 atom stereocenters. The van der Waals surface area contributed by atoms with Crippen LogP contribution in [0.25, 0.3) is 0 Å². The van der Waals surface area contributed by atoms with Crippen molar-refractivity contribution in [1.29, 1.82) is 0 Å². The van der Waals surface area contributed by atoms with Gasteiger partial charge >= 0.3 is 5.97 Å². The highest BCUT2D eigenvalue weighted by Gasteiger charge is 2.06. The number of nitrogens with one attached hydrogen (secondary N) is 1. The largest absolute Gasteiger partial charge is 0.507 e. The molecule has 0 fully saturated rings. The Bertz CT molecular complexity index is 365. The van der Waals surface area contributed by atoms with Gasteiger partial charge in [0.15, 0.2) is 0 Å². The zero-order chi connectivity index (χ0) is 12.1. The maximum Gasteiger partial charge on any atom is 0.325 e. The molecule has 0 aliphatic heterocycles. The number of hydroxylamine groups is 1. The van der Waals surface area contributed by atoms with E-state index in [4.69, 9.17) is 0 Å². The van der Waals surface area contributed by atoms with Crippen molar-refractivity contribution in [1.82, 2.24) is 5.48 Å². The normalized spacial score (nSPS) is 10.2. The zero-order valence-electron chi connectivity index (χ0n) is 9.83. The van der Waals surface area contributed by atoms with Crippen molar-refractivity contribution in [2.24, 2.45) is 0 Å². The first kappa shape index (κ1) is 12.5. The lowest BCUT2D eigenvalue weighted by Gasteiger charge is -2.07. The van der Waals surface area contributed by atoms with Crippen LogP contribution in [0.1, 0.15) is 23.1 Å². The van der Waals surface area contributed by atoms with Crippen molar-refractivity contribution >= 4 is 5.97 Å². The van der Waals surface area contributed by atoms with Gasteiger partial charge in [-0.25, -0.2) is 0 Å². The first-order valence-corrected chi connectivity index (χ1v) is 5.20. The number of aromatic hydroxyl groups is 1. The molecule has 1 rings (SSSR count). The Kier molecular flexibility index (Phi) is 4.31. The van der Waals surface area contributed by atoms with Crippen molar-refractivity contribution in [3.05, 3.63) is 28.8 Å². The number of benzene rings is 1. The third-order valence-electron chi connectivity index (χ3n) is 2.38. The van der Waals surface area contributed by atoms with Crippen LogP contribution in [0.2, 0.25) is 0 Å². The molecule has 0 bridgehead atoms. The fraction of sp³-hybridized carbons (Fsp3) is 0.417. The number of phenols is 1. The predicted octanol–water partition coefficient (Wildman–Crippen LogP) is 1.62. The Balaban J connectivity index is 2.65. The van der Waals surface area contributed by atoms with Gasteiger partial charge in [-0.1, -0.05) is 12.1 Å². The molecule has 0 radical (unpaired) electrons. The lowest BCUT2D eigenvalue weighted by atomic mass is 10.0. The number of hydrogen-bond acceptors (Lipinski definition) is 4. The Hall–Kier alpha value is -1.55. The zero-order valence-corrected chi connectivity index (χ0v) is 9.83. The summed E-state index contributed by atoms with van der Waals surface area (Å²) < 4.78 is 0. The van der Waals surface area contributed by atoms with E-state index in [0.29, 0.717) is 18.6 Å². The Labute approximate surface area is 95.2 Å². The summed E-state index contributed by atoms with van der Waals surface area (Å²) in [6.07, 6.45) is 0.937. The second-order valence-corrected chi connectivity index (χ2v) is 3.76. The smallest absolute Gasteiger partial charge is 0.325 e. The molecule has 1 aromatic carbocycles. The van der Waals surface area contributed by atoms with Gasteiger partial charge in [0, 0.05) is 7.05 Å². The Morgan fingerprint density at radius 1 is 1.38 bits per heavy atom. The second-order valence-electron chi connectivity index (χ2n) is 3.76. The van der Waals surface area contributed by atoms with Gasteiger partial charge in [-0.2, -0.15) is 5.48 Å². The van der Waals surface area contributed by atoms with Gasteiger partial charge in [0.05, 0.1) is 6.42 Å². The summed E-state index contributed by atoms with van der Waals surface area (Å²) >= 11 is 0. The molecule has 1 aromatic rings. The maximum atomic E-state index is 11.1. The molecular formula is C12H17NO3. The van der Waals surface area contributed by atoms with Crippen LogP contribution in [0.5, 0.6) is 5.75 Å². The van der Waals surface area contributed by atoms with Crippen LogP contribution in [-0.4, -0.2) is 18.1 Å². The van der Waals surface area contributed by atoms with E-state index >= 15 is 0 Å². The minimum Gasteiger partial charge on any atom is -0.507 e. The highest BCUT2D eigenvalue weighted by molar-refractivity contribution is 5.69. The summed E-state index contributed by atoms with van der Waals surface area (Å²) in [4.78, 5) is 15.7. The predicted molar refractivity (Wildman–Crippen MR) is 61.1 cm³/mol. The average Bonchev–Trinajstić information content (AvgIpc) is 2.23. The van der Waals surface area contributed by atoms with Crippen LogP contribution in [-0.2, 0) is 16.1 Å². The summed E-state index contributed by atoms with van der Waals surface area (Å²) in [6, 6.07) is 3.77. The summed E-state index contributed by atoms with van der Waals surface area (Å²) in [5.74, 6) is 0.0347. The fourth-order valence-corrected chi connectivity index (χ4v) is 1.60. The van der Waals surface area contributed by atoms with Crippen molar-refractivity contribution in [2.75, 3.05) is 7.05 Å². The van der Waals surface area contributed by atoms with Crippen molar-refractivity contribution in [3.63, 3.8) is 0 Å². The Morgan fingerprint density at radius 2 is 1.94 bits per heavy atom. The van der Waals surface area contributed by atoms with E-state index in [1.165, 1.54) is 0 Å². The third kappa shape index (κ3) is 3.24. The molecule has 0 aliphatic rings. The monoisotopic (exact) mass is 223 g/mol. The fourth-order valence-electron chi connectivity index (χ4n) is 1.60. The van der Waals surface area contributed by atoms with Gasteiger partial charge < -0.3 is 9.94 Å². The first-order chi connectivity index (χ1) is 7.54. The van der Waals surface area contributed by atoms with Gasteiger partial charge in [-0.05, 0) is 37.0 Å². The number of phenolic OH excluding ortho intramolecular Hbond substituents is 1. The molecule has 0 spiro atoms. The molecule has 0 saturated carbocycles. The highest BCUT2D eigenvalue weighted by atomic mass is 16.7. The summed E-state index contributed by atoms with van der Waals surface area (Å²) in [6.45, 7) is 3.69. The van der Waals surface area contributed by atoms with Gasteiger partial charge in [0.1, 0.15) is 5.75 Å². The minimum atomic E-state index is -0.286. The maximum absolute atomic E-state index is 11.1. The summed E-state index contributed by atoms with van der Waals surface area (Å²) in [5.41, 5.74) is 5.04. The van der Waals surface area contributed by atoms with E-state index < -0.39 is 0 Å². The molecule has 0 amide bonds. The molecule has 0 aromatic heterocycles. The third-order valence-corrected chi connectivity index (χ3v) is 2.38. The SMILES string of the molecule is CNOC(=O)CCc1cc(C)c(O)c(C)c1. The highest BCUT2D eigenvalue weighted by Crippen LogP contribution is 2.23. The van der Waals surface area contributed by atoms with Crippen LogP contribution in [0, 0.1) is 13.8 Å². The molecule has 0 aliphatic carbocycles. The van der Waals surface area contributed by atoms with Crippen molar-refractivity contribution < 1.29 is 14.7 Å². The molecule has 0 unspecified atom stereocenters. The van der Waals surface area contributed by atoms with E-state index in [1.54, 1.807) is 7.05 Å². The van der Waals surface area contributed by atoms with Gasteiger partial charge in [0.2, 0.25) is 0 Å². The molecule has 2 N–H and O–H groups in total. The molecule has 4 heteroatoms. The van der Waals surface area contributed by atoms with Crippen molar-refractivity contribution in [2.45, 2.75) is 26.7 Å². The van der Waals surface area contributed by atoms with Crippen molar-refractivity contribution in [3.8, 4) is 5.75 Å². The van der Waals surface area contributed by atoms with Crippen LogP contribution in [0.4, 0.5) is 0 Å². The van der Waals surface area contributed by atoms with Crippen LogP contribution in [0.15, 0.2) is 12.1 Å². The number of hydrogen-bond donors (Lipinski definition) is 2. The second kappa shape index (κ2) is 5.51. The number of rotatable bonds is 4. The first-order valence-electron chi connectivity index (χ1n) is 5.20. The van der Waals surface area contributed by atoms with Crippen LogP contribution < -0.4 is 5.48 Å². The quantitative estimate of drug-likeness (QED) is 0.761. The van der Waals surface area contributed by atoms with E-state index in [1.807, 2.05) is 26.0 Å². The number of carbonyl (C=O) groups excluding carboxylic acids is 1. The summed E-state index contributed by atoms with van der Waals surface area (Å²) in [5, 5.41) is 9.59. The van der Waals surface area contributed by atoms with E-state index in [2.05, 4.69) is 10.3 Å². The van der Waals surface area contributed by atoms with E-state index in [9.17, 15) is 9.90 Å². The molecule has 16 heavy (non-hydrogen) atoms. The standard InChI is InChI=1S/C12H17NO3/c1-8-6-10(7-9(2)12(8)15)4-5-11(14)16-13-3/h6-7,13,15H,4-5H2,1-3H3. The molecule has 4 nitrogen and oxygen atoms in total. The van der Waals surface area contributed by atoms with Gasteiger partial charge in [0.25, 0.3) is 0 Å². The van der Waals surface area contributed by atoms with Gasteiger partial charge in [-0.3, -0.25) is 4.79 Å². The molecule has 0 saturated heterocycles. The minimum absolute atomic E-state index is 0.286. The molecular weight excluding hydrogens is 206 g/mol. The lowest BCUT2D eigenvalue weighted by Crippen LogP contribution is -2.15. The van der Waals surface area contributed by atoms with Gasteiger partial charge in [-0.15, -0.1) is 0 Å². The van der Waals surface area contributed by atoms with E-state index in [0.717, 1.165) is 16.7 Å².